The first-order valence-corrected chi connectivity index (χ1v) is 8.77. The summed E-state index contributed by atoms with van der Waals surface area (Å²) < 4.78 is 6.93. The van der Waals surface area contributed by atoms with E-state index in [1.165, 1.54) is 5.56 Å². The molecule has 0 saturated carbocycles. The van der Waals surface area contributed by atoms with Crippen molar-refractivity contribution in [3.05, 3.63) is 74.6 Å². The highest BCUT2D eigenvalue weighted by Crippen LogP contribution is 2.27. The van der Waals surface area contributed by atoms with Gasteiger partial charge in [0, 0.05) is 14.8 Å². The Morgan fingerprint density at radius 3 is 2.38 bits per heavy atom. The van der Waals surface area contributed by atoms with Gasteiger partial charge in [-0.15, -0.1) is 0 Å². The number of hydrogen-bond donors (Lipinski definition) is 1. The number of halogens is 1. The van der Waals surface area contributed by atoms with Crippen molar-refractivity contribution >= 4 is 34.2 Å². The lowest BCUT2D eigenvalue weighted by atomic mass is 10.1. The first kappa shape index (κ1) is 16.8. The average molecular weight is 431 g/mol. The summed E-state index contributed by atoms with van der Waals surface area (Å²) in [6.45, 7) is 5.84. The van der Waals surface area contributed by atoms with E-state index >= 15 is 0 Å². The van der Waals surface area contributed by atoms with Crippen molar-refractivity contribution in [3.63, 3.8) is 0 Å². The van der Waals surface area contributed by atoms with E-state index in [-0.39, 0.29) is 5.91 Å². The lowest BCUT2D eigenvalue weighted by Crippen LogP contribution is -2.13. The SMILES string of the molecule is Cc1ccc(-c2cc(C(=O)Nc3ccc(I)cc3C)c(C)o2)cc1. The third-order valence-electron chi connectivity index (χ3n) is 3.94. The van der Waals surface area contributed by atoms with Crippen molar-refractivity contribution in [2.24, 2.45) is 0 Å². The first-order valence-electron chi connectivity index (χ1n) is 7.69. The zero-order valence-electron chi connectivity index (χ0n) is 13.8. The summed E-state index contributed by atoms with van der Waals surface area (Å²) in [6.07, 6.45) is 0. The van der Waals surface area contributed by atoms with Gasteiger partial charge in [0.1, 0.15) is 11.5 Å². The molecule has 1 aromatic heterocycles. The fourth-order valence-corrected chi connectivity index (χ4v) is 3.17. The maximum absolute atomic E-state index is 12.6. The molecular weight excluding hydrogens is 413 g/mol. The molecule has 0 atom stereocenters. The Hall–Kier alpha value is -2.08. The van der Waals surface area contributed by atoms with Crippen LogP contribution in [0.4, 0.5) is 5.69 Å². The van der Waals surface area contributed by atoms with Crippen molar-refractivity contribution in [2.45, 2.75) is 20.8 Å². The Morgan fingerprint density at radius 1 is 1.00 bits per heavy atom. The normalized spacial score (nSPS) is 10.7. The topological polar surface area (TPSA) is 42.2 Å². The number of rotatable bonds is 3. The van der Waals surface area contributed by atoms with Crippen molar-refractivity contribution in [1.29, 1.82) is 0 Å². The largest absolute Gasteiger partial charge is 0.461 e. The molecule has 0 aliphatic rings. The second-order valence-electron chi connectivity index (χ2n) is 5.86. The van der Waals surface area contributed by atoms with Gasteiger partial charge in [0.15, 0.2) is 0 Å². The summed E-state index contributed by atoms with van der Waals surface area (Å²) in [5.41, 5.74) is 4.57. The minimum absolute atomic E-state index is 0.154. The molecule has 0 fully saturated rings. The Bertz CT molecular complexity index is 895. The lowest BCUT2D eigenvalue weighted by molar-refractivity contribution is 0.102. The van der Waals surface area contributed by atoms with Crippen LogP contribution in [0.2, 0.25) is 0 Å². The molecule has 0 aliphatic heterocycles. The Labute approximate surface area is 155 Å². The number of furan rings is 1. The minimum atomic E-state index is -0.154. The van der Waals surface area contributed by atoms with E-state index in [1.807, 2.05) is 63.2 Å². The van der Waals surface area contributed by atoms with E-state index in [0.717, 1.165) is 20.4 Å². The summed E-state index contributed by atoms with van der Waals surface area (Å²) in [6, 6.07) is 15.8. The predicted molar refractivity (Wildman–Crippen MR) is 105 cm³/mol. The van der Waals surface area contributed by atoms with Crippen LogP contribution in [0.5, 0.6) is 0 Å². The van der Waals surface area contributed by atoms with Crippen LogP contribution in [-0.2, 0) is 0 Å². The molecule has 1 N–H and O–H groups in total. The number of hydrogen-bond acceptors (Lipinski definition) is 2. The Balaban J connectivity index is 1.86. The number of nitrogens with one attached hydrogen (secondary N) is 1. The van der Waals surface area contributed by atoms with Gasteiger partial charge in [-0.2, -0.15) is 0 Å². The van der Waals surface area contributed by atoms with Crippen molar-refractivity contribution in [1.82, 2.24) is 0 Å². The summed E-state index contributed by atoms with van der Waals surface area (Å²) in [7, 11) is 0. The zero-order valence-corrected chi connectivity index (χ0v) is 16.0. The van der Waals surface area contributed by atoms with Crippen molar-refractivity contribution in [2.75, 3.05) is 5.32 Å². The van der Waals surface area contributed by atoms with Gasteiger partial charge in [0.25, 0.3) is 5.91 Å². The highest BCUT2D eigenvalue weighted by molar-refractivity contribution is 14.1. The zero-order chi connectivity index (χ0) is 17.3. The van der Waals surface area contributed by atoms with Gasteiger partial charge in [0.05, 0.1) is 5.56 Å². The number of amides is 1. The first-order chi connectivity index (χ1) is 11.4. The standard InChI is InChI=1S/C20H18INO2/c1-12-4-6-15(7-5-12)19-11-17(14(3)24-19)20(23)22-18-9-8-16(21)10-13(18)2/h4-11H,1-3H3,(H,22,23). The van der Waals surface area contributed by atoms with E-state index < -0.39 is 0 Å². The molecule has 4 heteroatoms. The molecule has 0 unspecified atom stereocenters. The smallest absolute Gasteiger partial charge is 0.259 e. The third kappa shape index (κ3) is 3.53. The van der Waals surface area contributed by atoms with Gasteiger partial charge < -0.3 is 9.73 Å². The molecule has 2 aromatic carbocycles. The number of benzene rings is 2. The van der Waals surface area contributed by atoms with Crippen LogP contribution >= 0.6 is 22.6 Å². The molecule has 3 nitrogen and oxygen atoms in total. The van der Waals surface area contributed by atoms with E-state index in [4.69, 9.17) is 4.42 Å². The maximum atomic E-state index is 12.6. The number of carbonyl (C=O) groups excluding carboxylic acids is 1. The molecule has 0 aliphatic carbocycles. The maximum Gasteiger partial charge on any atom is 0.259 e. The predicted octanol–water partition coefficient (Wildman–Crippen LogP) is 5.73. The van der Waals surface area contributed by atoms with Gasteiger partial charge in [0.2, 0.25) is 0 Å². The summed E-state index contributed by atoms with van der Waals surface area (Å²) in [5, 5.41) is 2.97. The van der Waals surface area contributed by atoms with Crippen LogP contribution in [0.3, 0.4) is 0 Å². The fourth-order valence-electron chi connectivity index (χ4n) is 2.52. The highest BCUT2D eigenvalue weighted by atomic mass is 127. The van der Waals surface area contributed by atoms with Crippen LogP contribution in [0, 0.1) is 24.3 Å². The van der Waals surface area contributed by atoms with E-state index in [1.54, 1.807) is 6.07 Å². The summed E-state index contributed by atoms with van der Waals surface area (Å²) in [5.74, 6) is 1.17. The molecule has 122 valence electrons. The monoisotopic (exact) mass is 431 g/mol. The third-order valence-corrected chi connectivity index (χ3v) is 4.61. The Morgan fingerprint density at radius 2 is 1.71 bits per heavy atom. The fraction of sp³-hybridized carbons (Fsp3) is 0.150. The van der Waals surface area contributed by atoms with Gasteiger partial charge in [-0.1, -0.05) is 29.8 Å². The molecule has 1 heterocycles. The molecule has 0 spiro atoms. The molecule has 24 heavy (non-hydrogen) atoms. The van der Waals surface area contributed by atoms with Crippen LogP contribution < -0.4 is 5.32 Å². The quantitative estimate of drug-likeness (QED) is 0.539. The minimum Gasteiger partial charge on any atom is -0.461 e. The summed E-state index contributed by atoms with van der Waals surface area (Å²) in [4.78, 5) is 12.6. The van der Waals surface area contributed by atoms with Gasteiger partial charge in [-0.05, 0) is 73.2 Å². The van der Waals surface area contributed by atoms with Gasteiger partial charge in [-0.3, -0.25) is 4.79 Å². The number of carbonyl (C=O) groups is 1. The average Bonchev–Trinajstić information content (AvgIpc) is 2.93. The van der Waals surface area contributed by atoms with Crippen LogP contribution in [0.25, 0.3) is 11.3 Å². The Kier molecular flexibility index (Phi) is 4.76. The van der Waals surface area contributed by atoms with E-state index in [9.17, 15) is 4.79 Å². The lowest BCUT2D eigenvalue weighted by Gasteiger charge is -2.08. The molecule has 3 rings (SSSR count). The van der Waals surface area contributed by atoms with Crippen molar-refractivity contribution < 1.29 is 9.21 Å². The molecule has 1 amide bonds. The second kappa shape index (κ2) is 6.81. The van der Waals surface area contributed by atoms with Crippen LogP contribution in [0.1, 0.15) is 27.2 Å². The summed E-state index contributed by atoms with van der Waals surface area (Å²) >= 11 is 2.26. The van der Waals surface area contributed by atoms with Crippen LogP contribution in [-0.4, -0.2) is 5.91 Å². The number of anilines is 1. The molecule has 0 saturated heterocycles. The van der Waals surface area contributed by atoms with Gasteiger partial charge >= 0.3 is 0 Å². The highest BCUT2D eigenvalue weighted by Gasteiger charge is 2.16. The van der Waals surface area contributed by atoms with Crippen molar-refractivity contribution in [3.8, 4) is 11.3 Å². The van der Waals surface area contributed by atoms with E-state index in [2.05, 4.69) is 27.9 Å². The molecule has 3 aromatic rings. The molecule has 0 radical (unpaired) electrons. The number of aryl methyl sites for hydroxylation is 3. The molecular formula is C20H18INO2. The second-order valence-corrected chi connectivity index (χ2v) is 7.11. The van der Waals surface area contributed by atoms with Crippen LogP contribution in [0.15, 0.2) is 52.9 Å². The molecule has 0 bridgehead atoms. The van der Waals surface area contributed by atoms with E-state index in [0.29, 0.717) is 17.1 Å². The van der Waals surface area contributed by atoms with Gasteiger partial charge in [-0.25, -0.2) is 0 Å².